The van der Waals surface area contributed by atoms with Gasteiger partial charge in [0.1, 0.15) is 18.8 Å². The van der Waals surface area contributed by atoms with Crippen LogP contribution in [0.3, 0.4) is 0 Å². The van der Waals surface area contributed by atoms with Crippen molar-refractivity contribution in [1.29, 1.82) is 0 Å². The molecule has 2 unspecified atom stereocenters. The van der Waals surface area contributed by atoms with Crippen molar-refractivity contribution in [2.75, 3.05) is 12.8 Å². The first kappa shape index (κ1) is 30.0. The van der Waals surface area contributed by atoms with Gasteiger partial charge < -0.3 is 20.6 Å². The molecule has 14 heteroatoms. The number of carbonyl (C=O) groups is 3. The minimum absolute atomic E-state index is 0.0165. The van der Waals surface area contributed by atoms with Crippen LogP contribution in [0.25, 0.3) is 0 Å². The normalized spacial score (nSPS) is 17.9. The van der Waals surface area contributed by atoms with Gasteiger partial charge in [-0.05, 0) is 36.1 Å². The van der Waals surface area contributed by atoms with Crippen LogP contribution in [-0.4, -0.2) is 61.9 Å². The zero-order valence-corrected chi connectivity index (χ0v) is 25.5. The van der Waals surface area contributed by atoms with Crippen molar-refractivity contribution in [1.82, 2.24) is 24.6 Å². The van der Waals surface area contributed by atoms with Crippen LogP contribution in [-0.2, 0) is 24.0 Å². The highest BCUT2D eigenvalue weighted by atomic mass is 32.2. The van der Waals surface area contributed by atoms with Crippen LogP contribution >= 0.6 is 23.3 Å². The number of nitrogens with one attached hydrogen (secondary N) is 1. The summed E-state index contributed by atoms with van der Waals surface area (Å²) in [7, 11) is 1.28. The second kappa shape index (κ2) is 13.3. The Hall–Kier alpha value is -5.08. The summed E-state index contributed by atoms with van der Waals surface area (Å²) in [5.41, 5.74) is 7.19. The molecule has 3 N–H and O–H groups in total. The molecular formula is C31H27N7O5S2. The standard InChI is InChI=1S/C31H27N7O5S2/c1-42-36-24(27-35-31(32)45-37-27)28(39)34-23-21-12-13-22(44-20-14-16-33-17-15-20)25(38(21)29(23)40)30(41)43-26(18-8-4-2-5-9-18)19-10-6-3-7-11-19/h2-11,14-17,21,23,26H,12-13H2,1H3,(H,34,39)(H2,32,35,37)/b36-24-. The second-order valence-electron chi connectivity index (χ2n) is 10.0. The molecule has 1 saturated heterocycles. The van der Waals surface area contributed by atoms with Gasteiger partial charge in [-0.2, -0.15) is 9.36 Å². The SMILES string of the molecule is CO/N=C(\C(=O)NC1C(=O)N2C(C(=O)OC(c3ccccc3)c3ccccc3)=C(Sc3ccncc3)CCC12)c1nsc(N)n1. The third kappa shape index (κ3) is 6.28. The number of rotatable bonds is 10. The third-order valence-electron chi connectivity index (χ3n) is 7.24. The number of allylic oxidation sites excluding steroid dienone is 1. The van der Waals surface area contributed by atoms with Crippen LogP contribution in [0.2, 0.25) is 0 Å². The molecule has 2 amide bonds. The number of hydrogen-bond acceptors (Lipinski definition) is 12. The monoisotopic (exact) mass is 641 g/mol. The van der Waals surface area contributed by atoms with Crippen molar-refractivity contribution in [3.63, 3.8) is 0 Å². The Labute approximate surface area is 266 Å². The number of amides is 2. The fourth-order valence-corrected chi connectivity index (χ4v) is 6.70. The van der Waals surface area contributed by atoms with Crippen molar-refractivity contribution in [2.45, 2.75) is 35.9 Å². The molecule has 2 aliphatic rings. The Bertz CT molecular complexity index is 1730. The summed E-state index contributed by atoms with van der Waals surface area (Å²) >= 11 is 2.28. The largest absolute Gasteiger partial charge is 0.448 e. The van der Waals surface area contributed by atoms with E-state index in [0.29, 0.717) is 17.7 Å². The van der Waals surface area contributed by atoms with E-state index in [4.69, 9.17) is 15.3 Å². The van der Waals surface area contributed by atoms with E-state index in [1.165, 1.54) is 23.8 Å². The zero-order chi connectivity index (χ0) is 31.3. The summed E-state index contributed by atoms with van der Waals surface area (Å²) < 4.78 is 10.2. The molecular weight excluding hydrogens is 615 g/mol. The topological polar surface area (TPSA) is 162 Å². The number of aromatic nitrogens is 3. The molecule has 2 aromatic heterocycles. The molecule has 0 spiro atoms. The number of pyridine rings is 1. The molecule has 12 nitrogen and oxygen atoms in total. The zero-order valence-electron chi connectivity index (χ0n) is 23.9. The molecule has 6 rings (SSSR count). The lowest BCUT2D eigenvalue weighted by Gasteiger charge is -2.50. The summed E-state index contributed by atoms with van der Waals surface area (Å²) in [5.74, 6) is -1.81. The number of hydrogen-bond donors (Lipinski definition) is 2. The summed E-state index contributed by atoms with van der Waals surface area (Å²) in [4.78, 5) is 57.0. The lowest BCUT2D eigenvalue weighted by Crippen LogP contribution is -2.72. The highest BCUT2D eigenvalue weighted by Crippen LogP contribution is 2.44. The molecule has 2 atom stereocenters. The lowest BCUT2D eigenvalue weighted by atomic mass is 9.86. The highest BCUT2D eigenvalue weighted by Gasteiger charge is 2.54. The van der Waals surface area contributed by atoms with E-state index < -0.39 is 36.0 Å². The first-order valence-corrected chi connectivity index (χ1v) is 15.5. The van der Waals surface area contributed by atoms with Crippen LogP contribution in [0.1, 0.15) is 35.9 Å². The van der Waals surface area contributed by atoms with Gasteiger partial charge in [-0.15, -0.1) is 0 Å². The van der Waals surface area contributed by atoms with Gasteiger partial charge in [-0.25, -0.2) is 4.79 Å². The predicted molar refractivity (Wildman–Crippen MR) is 168 cm³/mol. The highest BCUT2D eigenvalue weighted by molar-refractivity contribution is 8.03. The number of nitrogens with zero attached hydrogens (tertiary/aromatic N) is 5. The number of nitrogen functional groups attached to an aromatic ring is 1. The smallest absolute Gasteiger partial charge is 0.356 e. The van der Waals surface area contributed by atoms with Crippen molar-refractivity contribution in [3.8, 4) is 0 Å². The number of ether oxygens (including phenoxy) is 1. The molecule has 45 heavy (non-hydrogen) atoms. The number of anilines is 1. The van der Waals surface area contributed by atoms with Crippen molar-refractivity contribution in [2.24, 2.45) is 5.16 Å². The maximum absolute atomic E-state index is 14.2. The van der Waals surface area contributed by atoms with E-state index in [1.807, 2.05) is 72.8 Å². The van der Waals surface area contributed by atoms with Crippen LogP contribution in [0, 0.1) is 0 Å². The van der Waals surface area contributed by atoms with Gasteiger partial charge >= 0.3 is 5.97 Å². The lowest BCUT2D eigenvalue weighted by molar-refractivity contribution is -0.158. The summed E-state index contributed by atoms with van der Waals surface area (Å²) in [6.45, 7) is 0. The van der Waals surface area contributed by atoms with Gasteiger partial charge in [0, 0.05) is 33.7 Å². The number of esters is 1. The maximum Gasteiger partial charge on any atom is 0.356 e. The Morgan fingerprint density at radius 2 is 1.73 bits per heavy atom. The van der Waals surface area contributed by atoms with Crippen molar-refractivity contribution >= 4 is 51.9 Å². The molecule has 0 saturated carbocycles. The second-order valence-corrected chi connectivity index (χ2v) is 12.0. The van der Waals surface area contributed by atoms with Gasteiger partial charge in [0.2, 0.25) is 11.5 Å². The van der Waals surface area contributed by atoms with Crippen molar-refractivity contribution in [3.05, 3.63) is 113 Å². The minimum atomic E-state index is -0.912. The molecule has 4 aromatic rings. The summed E-state index contributed by atoms with van der Waals surface area (Å²) in [6.07, 6.45) is 3.59. The number of benzene rings is 2. The van der Waals surface area contributed by atoms with E-state index >= 15 is 0 Å². The van der Waals surface area contributed by atoms with Gasteiger partial charge in [-0.1, -0.05) is 77.6 Å². The number of oxime groups is 1. The molecule has 2 aromatic carbocycles. The first-order chi connectivity index (χ1) is 21.9. The molecule has 2 aliphatic heterocycles. The van der Waals surface area contributed by atoms with Crippen LogP contribution < -0.4 is 11.1 Å². The quantitative estimate of drug-likeness (QED) is 0.113. The summed E-state index contributed by atoms with van der Waals surface area (Å²) in [6, 6.07) is 21.1. The van der Waals surface area contributed by atoms with E-state index in [1.54, 1.807) is 12.4 Å². The fraction of sp³-hybridized carbons (Fsp3) is 0.194. The van der Waals surface area contributed by atoms with E-state index in [9.17, 15) is 14.4 Å². The third-order valence-corrected chi connectivity index (χ3v) is 8.94. The van der Waals surface area contributed by atoms with Crippen LogP contribution in [0.4, 0.5) is 5.13 Å². The van der Waals surface area contributed by atoms with E-state index in [-0.39, 0.29) is 22.4 Å². The minimum Gasteiger partial charge on any atom is -0.448 e. The number of thioether (sulfide) groups is 1. The molecule has 4 heterocycles. The van der Waals surface area contributed by atoms with E-state index in [0.717, 1.165) is 27.6 Å². The molecule has 0 radical (unpaired) electrons. The average molecular weight is 642 g/mol. The first-order valence-electron chi connectivity index (χ1n) is 13.9. The van der Waals surface area contributed by atoms with Crippen molar-refractivity contribution < 1.29 is 24.0 Å². The van der Waals surface area contributed by atoms with Crippen LogP contribution in [0.5, 0.6) is 0 Å². The molecule has 0 aliphatic carbocycles. The number of nitrogens with two attached hydrogens (primary N) is 1. The number of fused-ring (bicyclic) bond motifs is 1. The van der Waals surface area contributed by atoms with E-state index in [2.05, 4.69) is 24.8 Å². The molecule has 0 bridgehead atoms. The fourth-order valence-electron chi connectivity index (χ4n) is 5.23. The van der Waals surface area contributed by atoms with Gasteiger partial charge in [0.05, 0.1) is 6.04 Å². The van der Waals surface area contributed by atoms with Gasteiger partial charge in [-0.3, -0.25) is 19.5 Å². The number of β-lactam (4-membered cyclic amide) rings is 1. The number of carbonyl (C=O) groups excluding carboxylic acids is 3. The van der Waals surface area contributed by atoms with Gasteiger partial charge in [0.15, 0.2) is 11.2 Å². The maximum atomic E-state index is 14.2. The molecule has 228 valence electrons. The summed E-state index contributed by atoms with van der Waals surface area (Å²) in [5, 5.41) is 6.63. The van der Waals surface area contributed by atoms with Crippen LogP contribution in [0.15, 0.2) is 106 Å². The van der Waals surface area contributed by atoms with Gasteiger partial charge in [0.25, 0.3) is 11.8 Å². The Kier molecular flexibility index (Phi) is 8.84. The Morgan fingerprint density at radius 1 is 1.07 bits per heavy atom. The average Bonchev–Trinajstić information content (AvgIpc) is 3.51. The Balaban J connectivity index is 1.30. The predicted octanol–water partition coefficient (Wildman–Crippen LogP) is 3.69. The molecule has 1 fully saturated rings. The Morgan fingerprint density at radius 3 is 2.33 bits per heavy atom.